The Morgan fingerprint density at radius 3 is 2.87 bits per heavy atom. The molecule has 0 bridgehead atoms. The van der Waals surface area contributed by atoms with Crippen molar-refractivity contribution in [1.82, 2.24) is 20.0 Å². The lowest BCUT2D eigenvalue weighted by atomic mass is 10.1. The van der Waals surface area contributed by atoms with Gasteiger partial charge in [0.05, 0.1) is 6.20 Å². The first-order valence-electron chi connectivity index (χ1n) is 5.72. The number of hydrogen-bond acceptors (Lipinski definition) is 3. The fraction of sp³-hybridized carbons (Fsp3) is 0.727. The molecule has 0 amide bonds. The SMILES string of the molecule is CCN(CCc1cnn(C)c1)C1CNC1. The molecule has 1 aromatic rings. The second-order valence-electron chi connectivity index (χ2n) is 4.21. The zero-order valence-electron chi connectivity index (χ0n) is 9.61. The van der Waals surface area contributed by atoms with Crippen LogP contribution < -0.4 is 5.32 Å². The first kappa shape index (κ1) is 10.6. The molecule has 0 aliphatic carbocycles. The fourth-order valence-electron chi connectivity index (χ4n) is 2.00. The maximum Gasteiger partial charge on any atom is 0.0522 e. The third kappa shape index (κ3) is 2.58. The Hall–Kier alpha value is -0.870. The van der Waals surface area contributed by atoms with E-state index in [1.54, 1.807) is 0 Å². The third-order valence-electron chi connectivity index (χ3n) is 3.13. The van der Waals surface area contributed by atoms with Crippen molar-refractivity contribution in [2.24, 2.45) is 7.05 Å². The Bertz CT molecular complexity index is 303. The van der Waals surface area contributed by atoms with Gasteiger partial charge in [0.15, 0.2) is 0 Å². The Morgan fingerprint density at radius 2 is 2.40 bits per heavy atom. The van der Waals surface area contributed by atoms with Crippen LogP contribution in [0.15, 0.2) is 12.4 Å². The van der Waals surface area contributed by atoms with Crippen LogP contribution in [-0.2, 0) is 13.5 Å². The lowest BCUT2D eigenvalue weighted by Crippen LogP contribution is -2.57. The lowest BCUT2D eigenvalue weighted by molar-refractivity contribution is 0.154. The van der Waals surface area contributed by atoms with Gasteiger partial charge in [-0.05, 0) is 18.5 Å². The Labute approximate surface area is 91.3 Å². The van der Waals surface area contributed by atoms with Gasteiger partial charge in [-0.3, -0.25) is 9.58 Å². The summed E-state index contributed by atoms with van der Waals surface area (Å²) >= 11 is 0. The van der Waals surface area contributed by atoms with Crippen LogP contribution >= 0.6 is 0 Å². The van der Waals surface area contributed by atoms with E-state index in [0.29, 0.717) is 0 Å². The van der Waals surface area contributed by atoms with E-state index in [0.717, 1.165) is 38.6 Å². The number of likely N-dealkylation sites (N-methyl/N-ethyl adjacent to an activating group) is 1. The Kier molecular flexibility index (Phi) is 3.38. The molecule has 0 unspecified atom stereocenters. The van der Waals surface area contributed by atoms with Crippen LogP contribution in [0, 0.1) is 0 Å². The summed E-state index contributed by atoms with van der Waals surface area (Å²) in [4.78, 5) is 2.55. The van der Waals surface area contributed by atoms with Crippen LogP contribution in [-0.4, -0.2) is 46.9 Å². The van der Waals surface area contributed by atoms with Gasteiger partial charge in [0.2, 0.25) is 0 Å². The summed E-state index contributed by atoms with van der Waals surface area (Å²) in [6.45, 7) is 6.84. The summed E-state index contributed by atoms with van der Waals surface area (Å²) in [7, 11) is 1.97. The summed E-state index contributed by atoms with van der Waals surface area (Å²) in [6, 6.07) is 0.756. The number of aromatic nitrogens is 2. The second-order valence-corrected chi connectivity index (χ2v) is 4.21. The van der Waals surface area contributed by atoms with Crippen molar-refractivity contribution in [1.29, 1.82) is 0 Å². The van der Waals surface area contributed by atoms with Gasteiger partial charge < -0.3 is 5.32 Å². The molecule has 1 fully saturated rings. The van der Waals surface area contributed by atoms with Crippen molar-refractivity contribution in [2.45, 2.75) is 19.4 Å². The smallest absolute Gasteiger partial charge is 0.0522 e. The van der Waals surface area contributed by atoms with Crippen molar-refractivity contribution in [3.05, 3.63) is 18.0 Å². The zero-order chi connectivity index (χ0) is 10.7. The first-order valence-corrected chi connectivity index (χ1v) is 5.72. The van der Waals surface area contributed by atoms with Gasteiger partial charge in [-0.15, -0.1) is 0 Å². The van der Waals surface area contributed by atoms with Gasteiger partial charge >= 0.3 is 0 Å². The minimum absolute atomic E-state index is 0.756. The molecule has 0 atom stereocenters. The van der Waals surface area contributed by atoms with Crippen LogP contribution in [0.1, 0.15) is 12.5 Å². The normalized spacial score (nSPS) is 17.0. The maximum absolute atomic E-state index is 4.19. The third-order valence-corrected chi connectivity index (χ3v) is 3.13. The van der Waals surface area contributed by atoms with Gasteiger partial charge in [-0.1, -0.05) is 6.92 Å². The van der Waals surface area contributed by atoms with Gasteiger partial charge in [0.1, 0.15) is 0 Å². The van der Waals surface area contributed by atoms with E-state index in [1.165, 1.54) is 5.56 Å². The summed E-state index contributed by atoms with van der Waals surface area (Å²) < 4.78 is 1.87. The summed E-state index contributed by atoms with van der Waals surface area (Å²) in [6.07, 6.45) is 5.18. The number of aryl methyl sites for hydroxylation is 1. The average molecular weight is 208 g/mol. The highest BCUT2D eigenvalue weighted by molar-refractivity contribution is 5.04. The molecule has 1 aliphatic heterocycles. The summed E-state index contributed by atoms with van der Waals surface area (Å²) in [5.74, 6) is 0. The molecular weight excluding hydrogens is 188 g/mol. The van der Waals surface area contributed by atoms with E-state index in [-0.39, 0.29) is 0 Å². The molecular formula is C11H20N4. The number of rotatable bonds is 5. The maximum atomic E-state index is 4.19. The van der Waals surface area contributed by atoms with Gasteiger partial charge in [0, 0.05) is 38.9 Å². The van der Waals surface area contributed by atoms with E-state index >= 15 is 0 Å². The molecule has 4 heteroatoms. The van der Waals surface area contributed by atoms with Crippen molar-refractivity contribution >= 4 is 0 Å². The summed E-state index contributed by atoms with van der Waals surface area (Å²) in [5, 5.41) is 7.51. The Balaban J connectivity index is 1.80. The molecule has 0 aromatic carbocycles. The molecule has 1 N–H and O–H groups in total. The fourth-order valence-corrected chi connectivity index (χ4v) is 2.00. The van der Waals surface area contributed by atoms with Crippen molar-refractivity contribution < 1.29 is 0 Å². The van der Waals surface area contributed by atoms with Crippen molar-refractivity contribution in [3.8, 4) is 0 Å². The average Bonchev–Trinajstić information content (AvgIpc) is 2.55. The highest BCUT2D eigenvalue weighted by atomic mass is 15.2. The van der Waals surface area contributed by atoms with E-state index in [4.69, 9.17) is 0 Å². The Morgan fingerprint density at radius 1 is 1.60 bits per heavy atom. The van der Waals surface area contributed by atoms with Crippen LogP contribution in [0.2, 0.25) is 0 Å². The molecule has 2 rings (SSSR count). The van der Waals surface area contributed by atoms with Crippen molar-refractivity contribution in [2.75, 3.05) is 26.2 Å². The molecule has 15 heavy (non-hydrogen) atoms. The molecule has 1 saturated heterocycles. The molecule has 1 aliphatic rings. The predicted molar refractivity (Wildman–Crippen MR) is 60.8 cm³/mol. The molecule has 0 saturated carbocycles. The van der Waals surface area contributed by atoms with Crippen LogP contribution in [0.3, 0.4) is 0 Å². The molecule has 84 valence electrons. The van der Waals surface area contributed by atoms with E-state index in [9.17, 15) is 0 Å². The zero-order valence-corrected chi connectivity index (χ0v) is 9.61. The van der Waals surface area contributed by atoms with Crippen molar-refractivity contribution in [3.63, 3.8) is 0 Å². The van der Waals surface area contributed by atoms with Crippen LogP contribution in [0.5, 0.6) is 0 Å². The molecule has 0 spiro atoms. The number of nitrogens with one attached hydrogen (secondary N) is 1. The van der Waals surface area contributed by atoms with Crippen LogP contribution in [0.25, 0.3) is 0 Å². The lowest BCUT2D eigenvalue weighted by Gasteiger charge is -2.37. The highest BCUT2D eigenvalue weighted by Crippen LogP contribution is 2.07. The standard InChI is InChI=1S/C11H20N4/c1-3-15(11-7-12-8-11)5-4-10-6-13-14(2)9-10/h6,9,11-12H,3-5,7-8H2,1-2H3. The van der Waals surface area contributed by atoms with Crippen LogP contribution in [0.4, 0.5) is 0 Å². The topological polar surface area (TPSA) is 33.1 Å². The first-order chi connectivity index (χ1) is 7.29. The minimum atomic E-state index is 0.756. The van der Waals surface area contributed by atoms with E-state index < -0.39 is 0 Å². The molecule has 4 nitrogen and oxygen atoms in total. The predicted octanol–water partition coefficient (Wildman–Crippen LogP) is 0.256. The van der Waals surface area contributed by atoms with Gasteiger partial charge in [0.25, 0.3) is 0 Å². The molecule has 1 aromatic heterocycles. The molecule has 2 heterocycles. The van der Waals surface area contributed by atoms with E-state index in [2.05, 4.69) is 28.4 Å². The number of nitrogens with zero attached hydrogens (tertiary/aromatic N) is 3. The molecule has 0 radical (unpaired) electrons. The monoisotopic (exact) mass is 208 g/mol. The number of hydrogen-bond donors (Lipinski definition) is 1. The highest BCUT2D eigenvalue weighted by Gasteiger charge is 2.22. The van der Waals surface area contributed by atoms with Gasteiger partial charge in [-0.2, -0.15) is 5.10 Å². The largest absolute Gasteiger partial charge is 0.314 e. The van der Waals surface area contributed by atoms with E-state index in [1.807, 2.05) is 17.9 Å². The summed E-state index contributed by atoms with van der Waals surface area (Å²) in [5.41, 5.74) is 1.34. The quantitative estimate of drug-likeness (QED) is 0.753. The van der Waals surface area contributed by atoms with Gasteiger partial charge in [-0.25, -0.2) is 0 Å². The minimum Gasteiger partial charge on any atom is -0.314 e. The second kappa shape index (κ2) is 4.77.